The molecule has 0 radical (unpaired) electrons. The zero-order chi connectivity index (χ0) is 16.2. The van der Waals surface area contributed by atoms with Gasteiger partial charge in [0.25, 0.3) is 0 Å². The summed E-state index contributed by atoms with van der Waals surface area (Å²) in [6.45, 7) is 4.20. The molecule has 0 bridgehead atoms. The van der Waals surface area contributed by atoms with Crippen LogP contribution in [0.3, 0.4) is 0 Å². The standard InChI is InChI=1S/C17H22N4OS/c1-11-14(12(2)21-20-11)10-15(22)19-16(17-18-8-9-23-17)13-6-4-3-5-7-13/h3-9,11-12,14,16,20-21H,10H2,1-2H3,(H,19,22). The van der Waals surface area contributed by atoms with Crippen LogP contribution < -0.4 is 16.2 Å². The first-order chi connectivity index (χ1) is 11.1. The number of rotatable bonds is 5. The molecule has 1 aromatic carbocycles. The Kier molecular flexibility index (Phi) is 5.05. The van der Waals surface area contributed by atoms with E-state index in [1.165, 1.54) is 0 Å². The van der Waals surface area contributed by atoms with Gasteiger partial charge in [-0.3, -0.25) is 15.6 Å². The maximum atomic E-state index is 12.6. The lowest BCUT2D eigenvalue weighted by Gasteiger charge is -2.21. The van der Waals surface area contributed by atoms with Gasteiger partial charge in [-0.15, -0.1) is 11.3 Å². The zero-order valence-electron chi connectivity index (χ0n) is 13.3. The van der Waals surface area contributed by atoms with Crippen molar-refractivity contribution in [2.45, 2.75) is 38.4 Å². The second-order valence-electron chi connectivity index (χ2n) is 6.02. The fourth-order valence-corrected chi connectivity index (χ4v) is 3.72. The van der Waals surface area contributed by atoms with Gasteiger partial charge >= 0.3 is 0 Å². The molecule has 0 spiro atoms. The van der Waals surface area contributed by atoms with E-state index < -0.39 is 0 Å². The highest BCUT2D eigenvalue weighted by Gasteiger charge is 2.32. The quantitative estimate of drug-likeness (QED) is 0.787. The van der Waals surface area contributed by atoms with Crippen LogP contribution in [-0.4, -0.2) is 23.0 Å². The van der Waals surface area contributed by atoms with Crippen LogP contribution in [0.15, 0.2) is 41.9 Å². The van der Waals surface area contributed by atoms with Gasteiger partial charge in [0.1, 0.15) is 11.0 Å². The molecule has 1 saturated heterocycles. The molecule has 2 heterocycles. The zero-order valence-corrected chi connectivity index (χ0v) is 14.1. The number of amides is 1. The Balaban J connectivity index is 1.73. The number of benzene rings is 1. The second-order valence-corrected chi connectivity index (χ2v) is 6.94. The van der Waals surface area contributed by atoms with Gasteiger partial charge in [0.15, 0.2) is 0 Å². The number of thiazole rings is 1. The van der Waals surface area contributed by atoms with E-state index in [2.05, 4.69) is 35.0 Å². The normalized spacial score (nSPS) is 25.2. The summed E-state index contributed by atoms with van der Waals surface area (Å²) in [6.07, 6.45) is 2.27. The molecule has 0 saturated carbocycles. The van der Waals surface area contributed by atoms with Crippen LogP contribution in [0.4, 0.5) is 0 Å². The van der Waals surface area contributed by atoms with Crippen molar-refractivity contribution in [3.05, 3.63) is 52.5 Å². The fourth-order valence-electron chi connectivity index (χ4n) is 3.01. The van der Waals surface area contributed by atoms with E-state index in [0.717, 1.165) is 10.6 Å². The van der Waals surface area contributed by atoms with E-state index in [-0.39, 0.29) is 30.0 Å². The van der Waals surface area contributed by atoms with E-state index in [1.54, 1.807) is 17.5 Å². The minimum atomic E-state index is -0.184. The predicted molar refractivity (Wildman–Crippen MR) is 91.8 cm³/mol. The third kappa shape index (κ3) is 3.77. The molecule has 1 fully saturated rings. The number of aromatic nitrogens is 1. The molecule has 6 heteroatoms. The molecular formula is C17H22N4OS. The van der Waals surface area contributed by atoms with Crippen LogP contribution >= 0.6 is 11.3 Å². The van der Waals surface area contributed by atoms with Crippen LogP contribution in [0.2, 0.25) is 0 Å². The SMILES string of the molecule is CC1NNC(C)C1CC(=O)NC(c1ccccc1)c1nccs1. The van der Waals surface area contributed by atoms with Crippen LogP contribution in [0.25, 0.3) is 0 Å². The molecule has 1 aromatic heterocycles. The van der Waals surface area contributed by atoms with E-state index in [1.807, 2.05) is 35.7 Å². The summed E-state index contributed by atoms with van der Waals surface area (Å²) in [5, 5.41) is 6.00. The summed E-state index contributed by atoms with van der Waals surface area (Å²) in [5.41, 5.74) is 7.45. The lowest BCUT2D eigenvalue weighted by molar-refractivity contribution is -0.122. The summed E-state index contributed by atoms with van der Waals surface area (Å²) in [4.78, 5) is 17.0. The van der Waals surface area contributed by atoms with Crippen LogP contribution in [-0.2, 0) is 4.79 Å². The molecule has 1 aliphatic rings. The second kappa shape index (κ2) is 7.21. The van der Waals surface area contributed by atoms with Crippen molar-refractivity contribution in [3.63, 3.8) is 0 Å². The molecule has 122 valence electrons. The number of carbonyl (C=O) groups excluding carboxylic acids is 1. The van der Waals surface area contributed by atoms with Gasteiger partial charge in [-0.2, -0.15) is 0 Å². The van der Waals surface area contributed by atoms with E-state index in [4.69, 9.17) is 0 Å². The Morgan fingerprint density at radius 2 is 1.96 bits per heavy atom. The van der Waals surface area contributed by atoms with Crippen molar-refractivity contribution in [3.8, 4) is 0 Å². The molecule has 3 atom stereocenters. The summed E-state index contributed by atoms with van der Waals surface area (Å²) >= 11 is 1.56. The predicted octanol–water partition coefficient (Wildman–Crippen LogP) is 2.24. The molecule has 1 amide bonds. The van der Waals surface area contributed by atoms with Gasteiger partial charge < -0.3 is 5.32 Å². The lowest BCUT2D eigenvalue weighted by atomic mass is 9.92. The lowest BCUT2D eigenvalue weighted by Crippen LogP contribution is -2.34. The summed E-state index contributed by atoms with van der Waals surface area (Å²) in [7, 11) is 0. The molecule has 23 heavy (non-hydrogen) atoms. The largest absolute Gasteiger partial charge is 0.343 e. The number of nitrogens with zero attached hydrogens (tertiary/aromatic N) is 1. The number of hydrogen-bond acceptors (Lipinski definition) is 5. The van der Waals surface area contributed by atoms with E-state index >= 15 is 0 Å². The Labute approximate surface area is 140 Å². The van der Waals surface area contributed by atoms with Gasteiger partial charge in [-0.05, 0) is 19.4 Å². The number of carbonyl (C=O) groups is 1. The molecule has 3 N–H and O–H groups in total. The molecule has 3 unspecified atom stereocenters. The highest BCUT2D eigenvalue weighted by Crippen LogP contribution is 2.25. The van der Waals surface area contributed by atoms with E-state index in [0.29, 0.717) is 6.42 Å². The highest BCUT2D eigenvalue weighted by molar-refractivity contribution is 7.09. The number of nitrogens with one attached hydrogen (secondary N) is 3. The maximum absolute atomic E-state index is 12.6. The highest BCUT2D eigenvalue weighted by atomic mass is 32.1. The number of hydrazine groups is 1. The third-order valence-electron chi connectivity index (χ3n) is 4.38. The van der Waals surface area contributed by atoms with Gasteiger partial charge in [-0.25, -0.2) is 4.98 Å². The van der Waals surface area contributed by atoms with Gasteiger partial charge in [0.05, 0.1) is 0 Å². The maximum Gasteiger partial charge on any atom is 0.221 e. The Morgan fingerprint density at radius 3 is 2.57 bits per heavy atom. The average Bonchev–Trinajstić information content (AvgIpc) is 3.19. The van der Waals surface area contributed by atoms with Crippen LogP contribution in [0, 0.1) is 5.92 Å². The Bertz CT molecular complexity index is 621. The minimum Gasteiger partial charge on any atom is -0.343 e. The van der Waals surface area contributed by atoms with Gasteiger partial charge in [0, 0.05) is 36.0 Å². The van der Waals surface area contributed by atoms with Crippen molar-refractivity contribution in [1.82, 2.24) is 21.2 Å². The summed E-state index contributed by atoms with van der Waals surface area (Å²) in [6, 6.07) is 10.4. The average molecular weight is 330 g/mol. The molecule has 3 rings (SSSR count). The van der Waals surface area contributed by atoms with E-state index in [9.17, 15) is 4.79 Å². The minimum absolute atomic E-state index is 0.0586. The van der Waals surface area contributed by atoms with Crippen molar-refractivity contribution in [2.75, 3.05) is 0 Å². The van der Waals surface area contributed by atoms with Crippen LogP contribution in [0.1, 0.15) is 36.9 Å². The van der Waals surface area contributed by atoms with Crippen molar-refractivity contribution < 1.29 is 4.79 Å². The Hall–Kier alpha value is -1.76. The first-order valence-electron chi connectivity index (χ1n) is 7.90. The first-order valence-corrected chi connectivity index (χ1v) is 8.78. The first kappa shape index (κ1) is 16.1. The molecule has 1 aliphatic heterocycles. The fraction of sp³-hybridized carbons (Fsp3) is 0.412. The van der Waals surface area contributed by atoms with Crippen LogP contribution in [0.5, 0.6) is 0 Å². The van der Waals surface area contributed by atoms with Crippen molar-refractivity contribution >= 4 is 17.2 Å². The summed E-state index contributed by atoms with van der Waals surface area (Å²) < 4.78 is 0. The molecule has 0 aliphatic carbocycles. The van der Waals surface area contributed by atoms with Gasteiger partial charge in [0.2, 0.25) is 5.91 Å². The molecular weight excluding hydrogens is 308 g/mol. The monoisotopic (exact) mass is 330 g/mol. The molecule has 2 aromatic rings. The Morgan fingerprint density at radius 1 is 1.26 bits per heavy atom. The third-order valence-corrected chi connectivity index (χ3v) is 5.22. The smallest absolute Gasteiger partial charge is 0.221 e. The van der Waals surface area contributed by atoms with Gasteiger partial charge in [-0.1, -0.05) is 30.3 Å². The van der Waals surface area contributed by atoms with Crippen molar-refractivity contribution in [1.29, 1.82) is 0 Å². The number of hydrogen-bond donors (Lipinski definition) is 3. The molecule has 5 nitrogen and oxygen atoms in total. The summed E-state index contributed by atoms with van der Waals surface area (Å²) in [5.74, 6) is 0.339. The topological polar surface area (TPSA) is 66.0 Å². The van der Waals surface area contributed by atoms with Crippen molar-refractivity contribution in [2.24, 2.45) is 5.92 Å².